The van der Waals surface area contributed by atoms with Gasteiger partial charge in [0.1, 0.15) is 24.2 Å². The minimum Gasteiger partial charge on any atom is -0.463 e. The Kier molecular flexibility index (Phi) is 7.97. The Balaban J connectivity index is 1.90. The fourth-order valence-electron chi connectivity index (χ4n) is 3.15. The van der Waals surface area contributed by atoms with E-state index in [0.717, 1.165) is 4.85 Å². The van der Waals surface area contributed by atoms with Crippen molar-refractivity contribution in [3.05, 3.63) is 36.3 Å². The minimum atomic E-state index is -1.14. The van der Waals surface area contributed by atoms with E-state index in [2.05, 4.69) is 26.2 Å². The maximum absolute atomic E-state index is 13.2. The van der Waals surface area contributed by atoms with E-state index in [-0.39, 0.29) is 6.61 Å². The molecule has 0 bridgehead atoms. The predicted octanol–water partition coefficient (Wildman–Crippen LogP) is 1.43. The molecule has 1 aromatic heterocycles. The van der Waals surface area contributed by atoms with Gasteiger partial charge in [0.15, 0.2) is 17.2 Å². The van der Waals surface area contributed by atoms with Gasteiger partial charge >= 0.3 is 17.9 Å². The lowest BCUT2D eigenvalue weighted by Gasteiger charge is -2.42. The molecule has 1 fully saturated rings. The monoisotopic (exact) mass is 529 g/mol. The van der Waals surface area contributed by atoms with Gasteiger partial charge in [-0.3, -0.25) is 14.4 Å². The summed E-state index contributed by atoms with van der Waals surface area (Å²) in [6.45, 7) is 3.35. The number of benzene rings is 1. The van der Waals surface area contributed by atoms with Gasteiger partial charge in [-0.2, -0.15) is 0 Å². The molecule has 178 valence electrons. The predicted molar refractivity (Wildman–Crippen MR) is 111 cm³/mol. The van der Waals surface area contributed by atoms with Crippen LogP contribution in [0, 0.1) is 5.82 Å². The van der Waals surface area contributed by atoms with Crippen molar-refractivity contribution in [3.63, 3.8) is 0 Å². The van der Waals surface area contributed by atoms with E-state index in [1.807, 2.05) is 0 Å². The Labute approximate surface area is 196 Å². The van der Waals surface area contributed by atoms with E-state index in [0.29, 0.717) is 11.3 Å². The van der Waals surface area contributed by atoms with Gasteiger partial charge in [-0.15, -0.1) is 5.10 Å². The van der Waals surface area contributed by atoms with Crippen molar-refractivity contribution in [2.24, 2.45) is 0 Å². The average Bonchev–Trinajstić information content (AvgIpc) is 3.20. The van der Waals surface area contributed by atoms with E-state index in [1.165, 1.54) is 51.2 Å². The molecule has 11 nitrogen and oxygen atoms in total. The third-order valence-electron chi connectivity index (χ3n) is 4.48. The van der Waals surface area contributed by atoms with Crippen LogP contribution in [0.25, 0.3) is 11.3 Å². The lowest BCUT2D eigenvalue weighted by molar-refractivity contribution is -0.241. The van der Waals surface area contributed by atoms with E-state index in [4.69, 9.17) is 23.8 Å². The van der Waals surface area contributed by atoms with Crippen molar-refractivity contribution in [2.75, 3.05) is 6.61 Å². The van der Waals surface area contributed by atoms with Crippen molar-refractivity contribution in [2.45, 2.75) is 50.2 Å². The molecule has 5 atom stereocenters. The third-order valence-corrected chi connectivity index (χ3v) is 5.21. The van der Waals surface area contributed by atoms with Gasteiger partial charge in [-0.05, 0) is 29.5 Å². The van der Waals surface area contributed by atoms with Crippen LogP contribution >= 0.6 is 15.9 Å². The zero-order valence-corrected chi connectivity index (χ0v) is 19.4. The van der Waals surface area contributed by atoms with Crippen molar-refractivity contribution < 1.29 is 42.6 Å². The van der Waals surface area contributed by atoms with Gasteiger partial charge in [0.2, 0.25) is 6.10 Å². The first kappa shape index (κ1) is 24.6. The first-order valence-electron chi connectivity index (χ1n) is 9.77. The molecule has 1 aliphatic rings. The number of hydrogen-bond donors (Lipinski definition) is 0. The molecule has 3 rings (SSSR count). The molecule has 2 aromatic rings. The summed E-state index contributed by atoms with van der Waals surface area (Å²) < 4.78 is 34.7. The molecule has 13 heteroatoms. The second-order valence-electron chi connectivity index (χ2n) is 7.06. The first-order chi connectivity index (χ1) is 15.6. The van der Waals surface area contributed by atoms with E-state index in [1.54, 1.807) is 0 Å². The van der Waals surface area contributed by atoms with E-state index >= 15 is 0 Å². The van der Waals surface area contributed by atoms with Crippen molar-refractivity contribution >= 4 is 33.8 Å². The van der Waals surface area contributed by atoms with Gasteiger partial charge in [0.05, 0.1) is 6.20 Å². The van der Waals surface area contributed by atoms with Crippen LogP contribution in [0.15, 0.2) is 30.5 Å². The summed E-state index contributed by atoms with van der Waals surface area (Å²) in [5.41, 5.74) is 0.958. The summed E-state index contributed by atoms with van der Waals surface area (Å²) in [5.74, 6) is -2.26. The lowest BCUT2D eigenvalue weighted by Crippen LogP contribution is -2.63. The fourth-order valence-corrected chi connectivity index (χ4v) is 3.83. The molecule has 0 N–H and O–H groups in total. The Bertz CT molecular complexity index is 1000. The highest BCUT2D eigenvalue weighted by Gasteiger charge is 2.51. The molecule has 1 saturated heterocycles. The largest absolute Gasteiger partial charge is 0.463 e. The Morgan fingerprint density at radius 1 is 1.03 bits per heavy atom. The first-order valence-corrected chi connectivity index (χ1v) is 10.7. The molecule has 0 spiro atoms. The van der Waals surface area contributed by atoms with Crippen LogP contribution in [0.2, 0.25) is 0 Å². The Morgan fingerprint density at radius 3 is 2.27 bits per heavy atom. The van der Waals surface area contributed by atoms with Crippen molar-refractivity contribution in [1.82, 2.24) is 15.2 Å². The molecule has 2 heterocycles. The number of carbonyl (C=O) groups excluding carboxylic acids is 3. The average molecular weight is 530 g/mol. The number of alkyl halides is 1. The Hall–Kier alpha value is -3.06. The number of aromatic nitrogens is 3. The maximum atomic E-state index is 13.2. The topological polar surface area (TPSA) is 128 Å². The second kappa shape index (κ2) is 10.7. The summed E-state index contributed by atoms with van der Waals surface area (Å²) in [5, 5.41) is 6.99. The molecular formula is C20H21BrFN3O8. The van der Waals surface area contributed by atoms with Crippen LogP contribution in [-0.2, 0) is 33.3 Å². The molecular weight excluding hydrogens is 509 g/mol. The number of nitrogens with zero attached hydrogens (tertiary/aromatic N) is 3. The van der Waals surface area contributed by atoms with Crippen molar-refractivity contribution in [1.29, 1.82) is 0 Å². The molecule has 0 amide bonds. The number of esters is 3. The van der Waals surface area contributed by atoms with E-state index < -0.39 is 53.2 Å². The van der Waals surface area contributed by atoms with Gasteiger partial charge < -0.3 is 23.8 Å². The normalized spacial score (nSPS) is 24.6. The van der Waals surface area contributed by atoms with E-state index in [9.17, 15) is 18.8 Å². The second-order valence-corrected chi connectivity index (χ2v) is 7.96. The van der Waals surface area contributed by atoms with Crippen LogP contribution in [0.3, 0.4) is 0 Å². The van der Waals surface area contributed by atoms with Crippen LogP contribution in [0.5, 0.6) is 0 Å². The number of ether oxygens (including phenoxy) is 4. The Morgan fingerprint density at radius 2 is 1.67 bits per heavy atom. The van der Waals surface area contributed by atoms with Crippen molar-refractivity contribution in [3.8, 4) is 11.3 Å². The number of halogens is 2. The SMILES string of the molecule is CC(=O)OC[C@H]1OC(Br)[C@H](OC(C)=O)[C@@H](On2cc(-c3ccc(F)cc3)nn2)[C@H]1OC(C)=O. The summed E-state index contributed by atoms with van der Waals surface area (Å²) in [6, 6.07) is 5.59. The number of hydrogen-bond acceptors (Lipinski definition) is 10. The highest BCUT2D eigenvalue weighted by molar-refractivity contribution is 9.09. The highest BCUT2D eigenvalue weighted by atomic mass is 79.9. The molecule has 0 radical (unpaired) electrons. The van der Waals surface area contributed by atoms with Crippen LogP contribution in [0.4, 0.5) is 4.39 Å². The smallest absolute Gasteiger partial charge is 0.303 e. The van der Waals surface area contributed by atoms with Gasteiger partial charge in [-0.1, -0.05) is 20.8 Å². The number of rotatable bonds is 7. The molecule has 1 unspecified atom stereocenters. The fraction of sp³-hybridized carbons (Fsp3) is 0.450. The third kappa shape index (κ3) is 6.48. The highest BCUT2D eigenvalue weighted by Crippen LogP contribution is 2.30. The quantitative estimate of drug-likeness (QED) is 0.295. The lowest BCUT2D eigenvalue weighted by atomic mass is 9.99. The summed E-state index contributed by atoms with van der Waals surface area (Å²) >= 11 is 3.29. The maximum Gasteiger partial charge on any atom is 0.303 e. The molecule has 1 aromatic carbocycles. The van der Waals surface area contributed by atoms with Crippen LogP contribution < -0.4 is 4.84 Å². The summed E-state index contributed by atoms with van der Waals surface area (Å²) in [6.07, 6.45) is -2.86. The molecule has 0 aliphatic carbocycles. The van der Waals surface area contributed by atoms with Gasteiger partial charge in [0, 0.05) is 26.3 Å². The summed E-state index contributed by atoms with van der Waals surface area (Å²) in [7, 11) is 0. The zero-order valence-electron chi connectivity index (χ0n) is 17.8. The van der Waals surface area contributed by atoms with Crippen LogP contribution in [-0.4, -0.2) is 69.1 Å². The molecule has 1 aliphatic heterocycles. The van der Waals surface area contributed by atoms with Crippen LogP contribution in [0.1, 0.15) is 20.8 Å². The van der Waals surface area contributed by atoms with Gasteiger partial charge in [-0.25, -0.2) is 4.39 Å². The summed E-state index contributed by atoms with van der Waals surface area (Å²) in [4.78, 5) is 41.7. The zero-order chi connectivity index (χ0) is 24.1. The molecule has 0 saturated carbocycles. The standard InChI is InChI=1S/C20H21BrFN3O8/c1-10(26)29-9-16-17(30-11(2)27)18(19(20(21)32-16)31-12(3)28)33-25-8-15(23-24-25)13-4-6-14(22)7-5-13/h4-8,16-20H,9H2,1-3H3/t16-,17+,18+,19-,20?/m1/s1. The minimum absolute atomic E-state index is 0.250. The molecule has 33 heavy (non-hydrogen) atoms. The van der Waals surface area contributed by atoms with Gasteiger partial charge in [0.25, 0.3) is 0 Å². The number of carbonyl (C=O) groups is 3.